The first-order chi connectivity index (χ1) is 9.13. The Kier molecular flexibility index (Phi) is 8.15. The van der Waals surface area contributed by atoms with Gasteiger partial charge in [-0.25, -0.2) is 0 Å². The van der Waals surface area contributed by atoms with Gasteiger partial charge in [0.05, 0.1) is 5.02 Å². The molecule has 4 heteroatoms. The molecule has 0 aromatic heterocycles. The minimum atomic E-state index is 0.0638. The molecule has 0 atom stereocenters. The van der Waals surface area contributed by atoms with E-state index < -0.39 is 0 Å². The summed E-state index contributed by atoms with van der Waals surface area (Å²) in [7, 11) is 0. The summed E-state index contributed by atoms with van der Waals surface area (Å²) in [6, 6.07) is 5.43. The van der Waals surface area contributed by atoms with E-state index in [2.05, 4.69) is 28.2 Å². The summed E-state index contributed by atoms with van der Waals surface area (Å²) in [4.78, 5) is 11.7. The molecule has 0 aliphatic rings. The number of unbranched alkanes of at least 4 members (excludes halogenated alkanes) is 5. The van der Waals surface area contributed by atoms with Crippen LogP contribution in [0.3, 0.4) is 0 Å². The van der Waals surface area contributed by atoms with E-state index in [1.165, 1.54) is 25.7 Å². The Morgan fingerprint density at radius 3 is 2.58 bits per heavy atom. The number of hydrogen-bond donors (Lipinski definition) is 1. The fourth-order valence-electron chi connectivity index (χ4n) is 1.86. The maximum Gasteiger partial charge on any atom is 0.224 e. The molecule has 1 rings (SSSR count). The summed E-state index contributed by atoms with van der Waals surface area (Å²) >= 11 is 9.30. The van der Waals surface area contributed by atoms with E-state index in [1.54, 1.807) is 6.07 Å². The van der Waals surface area contributed by atoms with Crippen LogP contribution >= 0.6 is 27.5 Å². The standard InChI is InChI=1S/C15H21BrClNO/c1-2-3-4-5-6-7-8-15(19)18-12-9-10-13(16)14(17)11-12/h9-11H,2-8H2,1H3,(H,18,19). The highest BCUT2D eigenvalue weighted by Gasteiger charge is 2.04. The van der Waals surface area contributed by atoms with Crippen LogP contribution in [0.5, 0.6) is 0 Å². The van der Waals surface area contributed by atoms with E-state index in [9.17, 15) is 4.79 Å². The summed E-state index contributed by atoms with van der Waals surface area (Å²) in [5.41, 5.74) is 0.754. The van der Waals surface area contributed by atoms with Gasteiger partial charge in [-0.15, -0.1) is 0 Å². The quantitative estimate of drug-likeness (QED) is 0.593. The lowest BCUT2D eigenvalue weighted by molar-refractivity contribution is -0.116. The van der Waals surface area contributed by atoms with Crippen LogP contribution in [0, 0.1) is 0 Å². The monoisotopic (exact) mass is 345 g/mol. The first-order valence-electron chi connectivity index (χ1n) is 6.88. The van der Waals surface area contributed by atoms with Crippen LogP contribution in [-0.4, -0.2) is 5.91 Å². The minimum absolute atomic E-state index is 0.0638. The van der Waals surface area contributed by atoms with E-state index in [0.717, 1.165) is 23.0 Å². The number of hydrogen-bond acceptors (Lipinski definition) is 1. The van der Waals surface area contributed by atoms with Gasteiger partial charge in [0.25, 0.3) is 0 Å². The number of halogens is 2. The first kappa shape index (κ1) is 16.5. The first-order valence-corrected chi connectivity index (χ1v) is 8.05. The van der Waals surface area contributed by atoms with Crippen LogP contribution in [0.15, 0.2) is 22.7 Å². The van der Waals surface area contributed by atoms with Crippen LogP contribution in [-0.2, 0) is 4.79 Å². The van der Waals surface area contributed by atoms with Gasteiger partial charge in [-0.05, 0) is 40.5 Å². The topological polar surface area (TPSA) is 29.1 Å². The molecule has 2 nitrogen and oxygen atoms in total. The molecular weight excluding hydrogens is 326 g/mol. The molecular formula is C15H21BrClNO. The Balaban J connectivity index is 2.21. The summed E-state index contributed by atoms with van der Waals surface area (Å²) in [6.07, 6.45) is 7.73. The van der Waals surface area contributed by atoms with Crippen LogP contribution in [0.4, 0.5) is 5.69 Å². The zero-order chi connectivity index (χ0) is 14.1. The van der Waals surface area contributed by atoms with Gasteiger partial charge in [0, 0.05) is 16.6 Å². The van der Waals surface area contributed by atoms with Crippen molar-refractivity contribution >= 4 is 39.1 Å². The number of nitrogens with one attached hydrogen (secondary N) is 1. The van der Waals surface area contributed by atoms with E-state index in [-0.39, 0.29) is 5.91 Å². The number of carbonyl (C=O) groups excluding carboxylic acids is 1. The van der Waals surface area contributed by atoms with Crippen LogP contribution < -0.4 is 5.32 Å². The van der Waals surface area contributed by atoms with Gasteiger partial charge in [-0.3, -0.25) is 4.79 Å². The van der Waals surface area contributed by atoms with Gasteiger partial charge >= 0.3 is 0 Å². The predicted octanol–water partition coefficient (Wildman–Crippen LogP) is 5.79. The molecule has 0 saturated carbocycles. The number of carbonyl (C=O) groups is 1. The number of anilines is 1. The van der Waals surface area contributed by atoms with Crippen LogP contribution in [0.25, 0.3) is 0 Å². The predicted molar refractivity (Wildman–Crippen MR) is 85.8 cm³/mol. The molecule has 0 unspecified atom stereocenters. The Labute approximate surface area is 129 Å². The molecule has 1 aromatic carbocycles. The van der Waals surface area contributed by atoms with E-state index in [4.69, 9.17) is 11.6 Å². The largest absolute Gasteiger partial charge is 0.326 e. The molecule has 1 amide bonds. The lowest BCUT2D eigenvalue weighted by atomic mass is 10.1. The fourth-order valence-corrected chi connectivity index (χ4v) is 2.29. The van der Waals surface area contributed by atoms with E-state index in [1.807, 2.05) is 12.1 Å². The van der Waals surface area contributed by atoms with Crippen molar-refractivity contribution in [3.05, 3.63) is 27.7 Å². The Hall–Kier alpha value is -0.540. The third-order valence-electron chi connectivity index (χ3n) is 2.96. The summed E-state index contributed by atoms with van der Waals surface area (Å²) in [5.74, 6) is 0.0638. The SMILES string of the molecule is CCCCCCCCC(=O)Nc1ccc(Br)c(Cl)c1. The van der Waals surface area contributed by atoms with E-state index in [0.29, 0.717) is 11.4 Å². The molecule has 106 valence electrons. The van der Waals surface area contributed by atoms with Crippen molar-refractivity contribution in [1.82, 2.24) is 0 Å². The number of amides is 1. The molecule has 0 bridgehead atoms. The molecule has 0 spiro atoms. The van der Waals surface area contributed by atoms with Gasteiger partial charge < -0.3 is 5.32 Å². The lowest BCUT2D eigenvalue weighted by Gasteiger charge is -2.06. The molecule has 0 aliphatic heterocycles. The van der Waals surface area contributed by atoms with Crippen molar-refractivity contribution in [2.75, 3.05) is 5.32 Å². The molecule has 0 heterocycles. The third kappa shape index (κ3) is 6.98. The van der Waals surface area contributed by atoms with Gasteiger partial charge in [0.1, 0.15) is 0 Å². The Morgan fingerprint density at radius 1 is 1.21 bits per heavy atom. The zero-order valence-electron chi connectivity index (χ0n) is 11.3. The maximum absolute atomic E-state index is 11.7. The number of rotatable bonds is 8. The molecule has 1 N–H and O–H groups in total. The van der Waals surface area contributed by atoms with Crippen LogP contribution in [0.2, 0.25) is 5.02 Å². The molecule has 0 aliphatic carbocycles. The van der Waals surface area contributed by atoms with Gasteiger partial charge in [0.2, 0.25) is 5.91 Å². The summed E-state index contributed by atoms with van der Waals surface area (Å²) < 4.78 is 0.836. The van der Waals surface area contributed by atoms with Crippen molar-refractivity contribution in [3.8, 4) is 0 Å². The molecule has 1 aromatic rings. The Bertz CT molecular complexity index is 409. The zero-order valence-corrected chi connectivity index (χ0v) is 13.7. The molecule has 0 saturated heterocycles. The minimum Gasteiger partial charge on any atom is -0.326 e. The average molecular weight is 347 g/mol. The van der Waals surface area contributed by atoms with Crippen molar-refractivity contribution in [3.63, 3.8) is 0 Å². The van der Waals surface area contributed by atoms with Crippen LogP contribution in [0.1, 0.15) is 51.9 Å². The normalized spacial score (nSPS) is 10.5. The highest BCUT2D eigenvalue weighted by Crippen LogP contribution is 2.25. The maximum atomic E-state index is 11.7. The summed E-state index contributed by atoms with van der Waals surface area (Å²) in [6.45, 7) is 2.21. The van der Waals surface area contributed by atoms with E-state index >= 15 is 0 Å². The molecule has 0 radical (unpaired) electrons. The fraction of sp³-hybridized carbons (Fsp3) is 0.533. The van der Waals surface area contributed by atoms with Gasteiger partial charge in [0.15, 0.2) is 0 Å². The average Bonchev–Trinajstić information content (AvgIpc) is 2.38. The highest BCUT2D eigenvalue weighted by molar-refractivity contribution is 9.10. The van der Waals surface area contributed by atoms with Crippen molar-refractivity contribution < 1.29 is 4.79 Å². The van der Waals surface area contributed by atoms with Crippen molar-refractivity contribution in [2.45, 2.75) is 51.9 Å². The van der Waals surface area contributed by atoms with Crippen molar-refractivity contribution in [1.29, 1.82) is 0 Å². The third-order valence-corrected chi connectivity index (χ3v) is 4.19. The highest BCUT2D eigenvalue weighted by atomic mass is 79.9. The lowest BCUT2D eigenvalue weighted by Crippen LogP contribution is -2.10. The molecule has 0 fully saturated rings. The van der Waals surface area contributed by atoms with Gasteiger partial charge in [-0.1, -0.05) is 50.6 Å². The second-order valence-corrected chi connectivity index (χ2v) is 5.96. The smallest absolute Gasteiger partial charge is 0.224 e. The van der Waals surface area contributed by atoms with Gasteiger partial charge in [-0.2, -0.15) is 0 Å². The second-order valence-electron chi connectivity index (χ2n) is 4.69. The van der Waals surface area contributed by atoms with Crippen molar-refractivity contribution in [2.24, 2.45) is 0 Å². The number of benzene rings is 1. The second kappa shape index (κ2) is 9.38. The summed E-state index contributed by atoms with van der Waals surface area (Å²) in [5, 5.41) is 3.48. The molecule has 19 heavy (non-hydrogen) atoms. The Morgan fingerprint density at radius 2 is 1.89 bits per heavy atom.